The second kappa shape index (κ2) is 6.97. The monoisotopic (exact) mass is 303 g/mol. The smallest absolute Gasteiger partial charge is 0.133 e. The minimum Gasteiger partial charge on any atom is -0.457 e. The Kier molecular flexibility index (Phi) is 5.27. The average molecular weight is 304 g/mol. The zero-order chi connectivity index (χ0) is 15.4. The number of hydrogen-bond acceptors (Lipinski definition) is 2. The van der Waals surface area contributed by atoms with Crippen molar-refractivity contribution in [3.63, 3.8) is 0 Å². The summed E-state index contributed by atoms with van der Waals surface area (Å²) in [6.07, 6.45) is 0. The van der Waals surface area contributed by atoms with E-state index in [1.54, 1.807) is 0 Å². The van der Waals surface area contributed by atoms with Crippen molar-refractivity contribution in [3.8, 4) is 11.5 Å². The number of ether oxygens (including phenoxy) is 1. The quantitative estimate of drug-likeness (QED) is 0.811. The lowest BCUT2D eigenvalue weighted by Crippen LogP contribution is -2.07. The third kappa shape index (κ3) is 3.78. The zero-order valence-electron chi connectivity index (χ0n) is 13.0. The Balaban J connectivity index is 2.38. The lowest BCUT2D eigenvalue weighted by Gasteiger charge is -2.16. The summed E-state index contributed by atoms with van der Waals surface area (Å²) in [5, 5.41) is 3.85. The highest BCUT2D eigenvalue weighted by atomic mass is 35.5. The molecule has 0 amide bonds. The fraction of sp³-hybridized carbons (Fsp3) is 0.333. The largest absolute Gasteiger partial charge is 0.457 e. The molecule has 2 rings (SSSR count). The molecule has 0 fully saturated rings. The second-order valence-corrected chi connectivity index (χ2v) is 5.94. The molecule has 0 saturated heterocycles. The number of rotatable bonds is 5. The molecule has 0 aliphatic rings. The van der Waals surface area contributed by atoms with Gasteiger partial charge in [-0.25, -0.2) is 0 Å². The summed E-state index contributed by atoms with van der Waals surface area (Å²) >= 11 is 6.28. The van der Waals surface area contributed by atoms with Gasteiger partial charge in [-0.2, -0.15) is 0 Å². The summed E-state index contributed by atoms with van der Waals surface area (Å²) in [5.74, 6) is 2.17. The molecule has 1 N–H and O–H groups in total. The van der Waals surface area contributed by atoms with Gasteiger partial charge in [-0.05, 0) is 49.2 Å². The summed E-state index contributed by atoms with van der Waals surface area (Å²) in [7, 11) is 1.90. The molecule has 3 heteroatoms. The lowest BCUT2D eigenvalue weighted by molar-refractivity contribution is 0.469. The molecule has 0 saturated carbocycles. The highest BCUT2D eigenvalue weighted by Crippen LogP contribution is 2.33. The fourth-order valence-corrected chi connectivity index (χ4v) is 2.42. The van der Waals surface area contributed by atoms with Gasteiger partial charge in [0.05, 0.1) is 0 Å². The van der Waals surface area contributed by atoms with E-state index in [2.05, 4.69) is 44.3 Å². The molecule has 21 heavy (non-hydrogen) atoms. The molecular weight excluding hydrogens is 282 g/mol. The minimum atomic E-state index is 0.476. The second-order valence-electron chi connectivity index (χ2n) is 5.53. The van der Waals surface area contributed by atoms with E-state index in [9.17, 15) is 0 Å². The van der Waals surface area contributed by atoms with Gasteiger partial charge in [-0.15, -0.1) is 0 Å². The van der Waals surface area contributed by atoms with Crippen LogP contribution in [0.2, 0.25) is 5.02 Å². The predicted molar refractivity (Wildman–Crippen MR) is 89.6 cm³/mol. The Labute approximate surface area is 132 Å². The Morgan fingerprint density at radius 2 is 1.90 bits per heavy atom. The summed E-state index contributed by atoms with van der Waals surface area (Å²) in [6.45, 7) is 7.10. The fourth-order valence-electron chi connectivity index (χ4n) is 2.19. The molecule has 0 bridgehead atoms. The van der Waals surface area contributed by atoms with Crippen LogP contribution < -0.4 is 10.1 Å². The van der Waals surface area contributed by atoms with Crippen molar-refractivity contribution in [2.24, 2.45) is 0 Å². The van der Waals surface area contributed by atoms with E-state index in [1.165, 1.54) is 5.56 Å². The van der Waals surface area contributed by atoms with Crippen molar-refractivity contribution in [2.75, 3.05) is 7.05 Å². The summed E-state index contributed by atoms with van der Waals surface area (Å²) < 4.78 is 6.14. The molecule has 0 atom stereocenters. The van der Waals surface area contributed by atoms with Crippen LogP contribution in [0.15, 0.2) is 36.4 Å². The maximum atomic E-state index is 6.28. The van der Waals surface area contributed by atoms with Crippen molar-refractivity contribution in [2.45, 2.75) is 33.2 Å². The summed E-state index contributed by atoms with van der Waals surface area (Å²) in [4.78, 5) is 0. The van der Waals surface area contributed by atoms with Crippen molar-refractivity contribution < 1.29 is 4.74 Å². The molecule has 2 nitrogen and oxygen atoms in total. The van der Waals surface area contributed by atoms with Crippen LogP contribution in [0.5, 0.6) is 11.5 Å². The number of hydrogen-bond donors (Lipinski definition) is 1. The Bertz CT molecular complexity index is 623. The maximum Gasteiger partial charge on any atom is 0.133 e. The molecule has 0 aliphatic heterocycles. The van der Waals surface area contributed by atoms with E-state index in [-0.39, 0.29) is 0 Å². The van der Waals surface area contributed by atoms with Crippen molar-refractivity contribution in [1.29, 1.82) is 0 Å². The van der Waals surface area contributed by atoms with Crippen LogP contribution in [0, 0.1) is 6.92 Å². The maximum absolute atomic E-state index is 6.28. The van der Waals surface area contributed by atoms with Crippen molar-refractivity contribution >= 4 is 11.6 Å². The van der Waals surface area contributed by atoms with Gasteiger partial charge in [0.1, 0.15) is 11.5 Å². The van der Waals surface area contributed by atoms with Crippen LogP contribution in [-0.2, 0) is 6.54 Å². The number of nitrogens with one attached hydrogen (secondary N) is 1. The van der Waals surface area contributed by atoms with Crippen LogP contribution in [0.25, 0.3) is 0 Å². The van der Waals surface area contributed by atoms with Crippen LogP contribution in [-0.4, -0.2) is 7.05 Å². The highest BCUT2D eigenvalue weighted by molar-refractivity contribution is 6.31. The number of benzene rings is 2. The molecule has 2 aromatic carbocycles. The van der Waals surface area contributed by atoms with E-state index in [1.807, 2.05) is 25.2 Å². The SMILES string of the molecule is CNCc1c(Cl)cccc1Oc1cc(C(C)C)ccc1C. The molecule has 0 spiro atoms. The van der Waals surface area contributed by atoms with Gasteiger partial charge in [0.2, 0.25) is 0 Å². The summed E-state index contributed by atoms with van der Waals surface area (Å²) in [5.41, 5.74) is 3.37. The molecule has 2 aromatic rings. The van der Waals surface area contributed by atoms with E-state index in [0.29, 0.717) is 12.5 Å². The first-order valence-electron chi connectivity index (χ1n) is 7.23. The Hall–Kier alpha value is -1.51. The van der Waals surface area contributed by atoms with Gasteiger partial charge in [-0.1, -0.05) is 43.6 Å². The predicted octanol–water partition coefficient (Wildman–Crippen LogP) is 5.28. The van der Waals surface area contributed by atoms with Gasteiger partial charge >= 0.3 is 0 Å². The highest BCUT2D eigenvalue weighted by Gasteiger charge is 2.11. The van der Waals surface area contributed by atoms with Crippen molar-refractivity contribution in [1.82, 2.24) is 5.32 Å². The minimum absolute atomic E-state index is 0.476. The molecule has 0 aliphatic carbocycles. The Morgan fingerprint density at radius 1 is 1.14 bits per heavy atom. The van der Waals surface area contributed by atoms with Crippen LogP contribution >= 0.6 is 11.6 Å². The third-order valence-electron chi connectivity index (χ3n) is 3.53. The van der Waals surface area contributed by atoms with Gasteiger partial charge in [-0.3, -0.25) is 0 Å². The van der Waals surface area contributed by atoms with E-state index in [0.717, 1.165) is 27.6 Å². The first kappa shape index (κ1) is 15.9. The van der Waals surface area contributed by atoms with Gasteiger partial charge in [0, 0.05) is 17.1 Å². The molecule has 112 valence electrons. The van der Waals surface area contributed by atoms with Gasteiger partial charge < -0.3 is 10.1 Å². The summed E-state index contributed by atoms with van der Waals surface area (Å²) in [6, 6.07) is 12.1. The van der Waals surface area contributed by atoms with Crippen LogP contribution in [0.1, 0.15) is 36.5 Å². The van der Waals surface area contributed by atoms with Crippen molar-refractivity contribution in [3.05, 3.63) is 58.1 Å². The molecular formula is C18H22ClNO. The number of halogens is 1. The van der Waals surface area contributed by atoms with Gasteiger partial charge in [0.15, 0.2) is 0 Å². The van der Waals surface area contributed by atoms with Crippen LogP contribution in [0.4, 0.5) is 0 Å². The van der Waals surface area contributed by atoms with Gasteiger partial charge in [0.25, 0.3) is 0 Å². The average Bonchev–Trinajstić information content (AvgIpc) is 2.44. The first-order chi connectivity index (χ1) is 10.0. The third-order valence-corrected chi connectivity index (χ3v) is 3.88. The molecule has 0 radical (unpaired) electrons. The first-order valence-corrected chi connectivity index (χ1v) is 7.61. The normalized spacial score (nSPS) is 11.0. The standard InChI is InChI=1S/C18H22ClNO/c1-12(2)14-9-8-13(3)18(10-14)21-17-7-5-6-16(19)15(17)11-20-4/h5-10,12,20H,11H2,1-4H3. The van der Waals surface area contributed by atoms with Crippen LogP contribution in [0.3, 0.4) is 0 Å². The zero-order valence-corrected chi connectivity index (χ0v) is 13.8. The van der Waals surface area contributed by atoms with E-state index < -0.39 is 0 Å². The molecule has 0 heterocycles. The number of aryl methyl sites for hydroxylation is 1. The molecule has 0 aromatic heterocycles. The molecule has 0 unspecified atom stereocenters. The lowest BCUT2D eigenvalue weighted by atomic mass is 10.0. The topological polar surface area (TPSA) is 21.3 Å². The Morgan fingerprint density at radius 3 is 2.57 bits per heavy atom. The van der Waals surface area contributed by atoms with E-state index in [4.69, 9.17) is 16.3 Å². The van der Waals surface area contributed by atoms with E-state index >= 15 is 0 Å².